The van der Waals surface area contributed by atoms with Gasteiger partial charge in [0, 0.05) is 59.9 Å². The third-order valence-corrected chi connectivity index (χ3v) is 8.19. The summed E-state index contributed by atoms with van der Waals surface area (Å²) in [6, 6.07) is 5.45. The third-order valence-electron chi connectivity index (χ3n) is 8.19. The van der Waals surface area contributed by atoms with Crippen LogP contribution in [0.15, 0.2) is 42.9 Å². The Balaban J connectivity index is 1.38. The summed E-state index contributed by atoms with van der Waals surface area (Å²) in [7, 11) is 1.62. The first-order valence-corrected chi connectivity index (χ1v) is 12.4. The van der Waals surface area contributed by atoms with E-state index in [9.17, 15) is 18.0 Å². The zero-order valence-corrected chi connectivity index (χ0v) is 20.4. The molecule has 1 aromatic carbocycles. The maximum Gasteiger partial charge on any atom is 0.387 e. The van der Waals surface area contributed by atoms with Crippen molar-refractivity contribution in [3.8, 4) is 16.9 Å². The maximum absolute atomic E-state index is 14.4. The Hall–Kier alpha value is -3.99. The first-order valence-electron chi connectivity index (χ1n) is 12.4. The van der Waals surface area contributed by atoms with Crippen molar-refractivity contribution >= 4 is 11.4 Å². The van der Waals surface area contributed by atoms with E-state index in [1.54, 1.807) is 24.0 Å². The number of amides is 1. The molecule has 2 aliphatic carbocycles. The number of pyridine rings is 1. The number of carbonyl (C=O) groups excluding carboxylic acids is 1. The van der Waals surface area contributed by atoms with Crippen LogP contribution in [0.25, 0.3) is 16.6 Å². The number of rotatable bonds is 4. The minimum atomic E-state index is -3.17. The predicted octanol–water partition coefficient (Wildman–Crippen LogP) is 4.53. The number of aromatic nitrogens is 4. The average Bonchev–Trinajstić information content (AvgIpc) is 3.40. The van der Waals surface area contributed by atoms with E-state index in [1.807, 2.05) is 18.3 Å². The topological polar surface area (TPSA) is 98.6 Å². The molecular weight excluding hydrogens is 497 g/mol. The lowest BCUT2D eigenvalue weighted by Crippen LogP contribution is -2.44. The Labute approximate surface area is 215 Å². The lowest BCUT2D eigenvalue weighted by Gasteiger charge is -2.36. The maximum atomic E-state index is 14.4. The molecule has 3 aromatic heterocycles. The van der Waals surface area contributed by atoms with Gasteiger partial charge in [-0.25, -0.2) is 18.9 Å². The van der Waals surface area contributed by atoms with E-state index < -0.39 is 35.8 Å². The number of fused-ring (bicyclic) bond motifs is 9. The van der Waals surface area contributed by atoms with Crippen molar-refractivity contribution in [2.45, 2.75) is 49.8 Å². The van der Waals surface area contributed by atoms with Crippen molar-refractivity contribution in [2.75, 3.05) is 7.05 Å². The lowest BCUT2D eigenvalue weighted by molar-refractivity contribution is -0.0507. The zero-order chi connectivity index (χ0) is 26.3. The molecule has 1 amide bonds. The molecule has 1 fully saturated rings. The van der Waals surface area contributed by atoms with Gasteiger partial charge in [-0.15, -0.1) is 0 Å². The number of ether oxygens (including phenoxy) is 1. The smallest absolute Gasteiger partial charge is 0.387 e. The normalized spacial score (nSPS) is 21.3. The van der Waals surface area contributed by atoms with Crippen molar-refractivity contribution in [1.82, 2.24) is 24.5 Å². The van der Waals surface area contributed by atoms with Crippen LogP contribution in [0.1, 0.15) is 70.6 Å². The van der Waals surface area contributed by atoms with Gasteiger partial charge in [-0.1, -0.05) is 0 Å². The van der Waals surface area contributed by atoms with E-state index in [-0.39, 0.29) is 16.9 Å². The molecule has 2 atom stereocenters. The van der Waals surface area contributed by atoms with Gasteiger partial charge in [0.25, 0.3) is 5.91 Å². The van der Waals surface area contributed by atoms with Gasteiger partial charge in [0.15, 0.2) is 0 Å². The van der Waals surface area contributed by atoms with Crippen LogP contribution in [0.2, 0.25) is 0 Å². The van der Waals surface area contributed by atoms with Gasteiger partial charge in [0.05, 0.1) is 22.8 Å². The molecule has 0 saturated heterocycles. The van der Waals surface area contributed by atoms with E-state index in [1.165, 1.54) is 4.90 Å². The molecule has 1 aliphatic heterocycles. The molecule has 11 heteroatoms. The SMILES string of the molecule is CN1C(=O)c2cc(F)cc(OC(F)F)c2C2CC1c1nn3ccc(-c4cnc(C5(N)CCC5)nc4)cc3c12. The van der Waals surface area contributed by atoms with Crippen LogP contribution < -0.4 is 10.5 Å². The Morgan fingerprint density at radius 3 is 2.58 bits per heavy atom. The molecule has 38 heavy (non-hydrogen) atoms. The number of halogens is 3. The van der Waals surface area contributed by atoms with Gasteiger partial charge in [0.2, 0.25) is 0 Å². The van der Waals surface area contributed by atoms with Crippen molar-refractivity contribution in [1.29, 1.82) is 0 Å². The molecule has 2 bridgehead atoms. The molecular formula is C27H23F3N6O2. The number of alkyl halides is 2. The fraction of sp³-hybridized carbons (Fsp3) is 0.333. The first kappa shape index (κ1) is 23.2. The summed E-state index contributed by atoms with van der Waals surface area (Å²) < 4.78 is 47.5. The number of benzene rings is 1. The highest BCUT2D eigenvalue weighted by Gasteiger charge is 2.46. The second-order valence-corrected chi connectivity index (χ2v) is 10.3. The largest absolute Gasteiger partial charge is 0.434 e. The fourth-order valence-corrected chi connectivity index (χ4v) is 6.09. The number of hydrogen-bond acceptors (Lipinski definition) is 6. The molecule has 194 valence electrons. The molecule has 0 spiro atoms. The average molecular weight is 521 g/mol. The lowest BCUT2D eigenvalue weighted by atomic mass is 9.77. The summed E-state index contributed by atoms with van der Waals surface area (Å²) >= 11 is 0. The monoisotopic (exact) mass is 520 g/mol. The van der Waals surface area contributed by atoms with Gasteiger partial charge in [-0.3, -0.25) is 4.79 Å². The van der Waals surface area contributed by atoms with Crippen LogP contribution >= 0.6 is 0 Å². The van der Waals surface area contributed by atoms with Crippen molar-refractivity contribution in [2.24, 2.45) is 5.73 Å². The molecule has 4 heterocycles. The summed E-state index contributed by atoms with van der Waals surface area (Å²) in [6.07, 6.45) is 8.52. The summed E-state index contributed by atoms with van der Waals surface area (Å²) in [5.74, 6) is -1.47. The minimum Gasteiger partial charge on any atom is -0.434 e. The summed E-state index contributed by atoms with van der Waals surface area (Å²) in [5.41, 5.74) is 10.1. The van der Waals surface area contributed by atoms with Crippen LogP contribution in [0.3, 0.4) is 0 Å². The van der Waals surface area contributed by atoms with Gasteiger partial charge in [-0.2, -0.15) is 13.9 Å². The molecule has 2 unspecified atom stereocenters. The second-order valence-electron chi connectivity index (χ2n) is 10.3. The molecule has 1 saturated carbocycles. The van der Waals surface area contributed by atoms with E-state index in [0.29, 0.717) is 17.9 Å². The molecule has 7 rings (SSSR count). The second kappa shape index (κ2) is 8.00. The van der Waals surface area contributed by atoms with Crippen LogP contribution in [0, 0.1) is 5.82 Å². The van der Waals surface area contributed by atoms with E-state index in [2.05, 4.69) is 9.97 Å². The van der Waals surface area contributed by atoms with Gasteiger partial charge >= 0.3 is 6.61 Å². The highest BCUT2D eigenvalue weighted by Crippen LogP contribution is 2.53. The number of carbonyl (C=O) groups is 1. The number of hydrogen-bond donors (Lipinski definition) is 1. The van der Waals surface area contributed by atoms with Crippen molar-refractivity contribution < 1.29 is 22.7 Å². The molecule has 3 aliphatic rings. The summed E-state index contributed by atoms with van der Waals surface area (Å²) in [5, 5.41) is 4.76. The molecule has 8 nitrogen and oxygen atoms in total. The summed E-state index contributed by atoms with van der Waals surface area (Å²) in [4.78, 5) is 23.8. The Morgan fingerprint density at radius 2 is 1.89 bits per heavy atom. The van der Waals surface area contributed by atoms with Crippen LogP contribution in [0.5, 0.6) is 5.75 Å². The van der Waals surface area contributed by atoms with Crippen molar-refractivity contribution in [3.05, 3.63) is 76.9 Å². The van der Waals surface area contributed by atoms with E-state index in [4.69, 9.17) is 15.6 Å². The molecule has 2 N–H and O–H groups in total. The molecule has 0 radical (unpaired) electrons. The minimum absolute atomic E-state index is 0.0208. The van der Waals surface area contributed by atoms with Crippen LogP contribution in [-0.2, 0) is 5.54 Å². The number of nitrogens with two attached hydrogens (primary N) is 1. The number of nitrogens with zero attached hydrogens (tertiary/aromatic N) is 5. The van der Waals surface area contributed by atoms with Gasteiger partial charge in [0.1, 0.15) is 17.4 Å². The summed E-state index contributed by atoms with van der Waals surface area (Å²) in [6.45, 7) is -3.17. The van der Waals surface area contributed by atoms with Crippen LogP contribution in [0.4, 0.5) is 13.2 Å². The standard InChI is InChI=1S/C27H23F3N6O2/c1-35-19-10-16(21-17(24(35)37)8-15(28)9-20(21)38-26(29)30)22-18-7-13(3-6-36(18)34-23(19)22)14-11-32-25(33-12-14)27(31)4-2-5-27/h3,6-9,11-12,16,19,26H,2,4-5,10,31H2,1H3. The Kier molecular flexibility index (Phi) is 4.88. The molecule has 4 aromatic rings. The quantitative estimate of drug-likeness (QED) is 0.425. The predicted molar refractivity (Wildman–Crippen MR) is 130 cm³/mol. The van der Waals surface area contributed by atoms with Crippen molar-refractivity contribution in [3.63, 3.8) is 0 Å². The highest BCUT2D eigenvalue weighted by molar-refractivity contribution is 5.98. The van der Waals surface area contributed by atoms with Gasteiger partial charge in [-0.05, 0) is 49.4 Å². The van der Waals surface area contributed by atoms with Gasteiger partial charge < -0.3 is 15.4 Å². The zero-order valence-electron chi connectivity index (χ0n) is 20.4. The highest BCUT2D eigenvalue weighted by atomic mass is 19.3. The first-order chi connectivity index (χ1) is 18.2. The Morgan fingerprint density at radius 1 is 1.13 bits per heavy atom. The third kappa shape index (κ3) is 3.27. The van der Waals surface area contributed by atoms with E-state index >= 15 is 0 Å². The van der Waals surface area contributed by atoms with Crippen LogP contribution in [-0.4, -0.2) is 44.0 Å². The van der Waals surface area contributed by atoms with E-state index in [0.717, 1.165) is 53.6 Å². The fourth-order valence-electron chi connectivity index (χ4n) is 6.09. The Bertz CT molecular complexity index is 1620.